The molecule has 1 aliphatic heterocycles. The summed E-state index contributed by atoms with van der Waals surface area (Å²) in [6.07, 6.45) is 3.96. The summed E-state index contributed by atoms with van der Waals surface area (Å²) in [5.74, 6) is -0.294. The highest BCUT2D eigenvalue weighted by molar-refractivity contribution is 8.15. The molecule has 2 aromatic rings. The smallest absolute Gasteiger partial charge is 0.273 e. The Morgan fingerprint density at radius 1 is 1.26 bits per heavy atom. The fourth-order valence-corrected chi connectivity index (χ4v) is 5.48. The molecule has 4 rings (SSSR count). The largest absolute Gasteiger partial charge is 0.494 e. The number of aliphatic imine (C=N–C) groups is 1. The van der Waals surface area contributed by atoms with Crippen LogP contribution in [0.3, 0.4) is 0 Å². The van der Waals surface area contributed by atoms with Crippen molar-refractivity contribution < 1.29 is 19.2 Å². The summed E-state index contributed by atoms with van der Waals surface area (Å²) in [4.78, 5) is 43.2. The van der Waals surface area contributed by atoms with Gasteiger partial charge in [-0.15, -0.1) is 0 Å². The van der Waals surface area contributed by atoms with E-state index in [1.165, 1.54) is 37.1 Å². The van der Waals surface area contributed by atoms with Gasteiger partial charge in [0.15, 0.2) is 5.17 Å². The number of nitrogens with zero attached hydrogens (tertiary/aromatic N) is 3. The van der Waals surface area contributed by atoms with E-state index in [0.717, 1.165) is 36.9 Å². The van der Waals surface area contributed by atoms with Gasteiger partial charge in [-0.25, -0.2) is 4.99 Å². The van der Waals surface area contributed by atoms with Gasteiger partial charge in [-0.05, 0) is 43.5 Å². The van der Waals surface area contributed by atoms with Gasteiger partial charge in [0.2, 0.25) is 11.8 Å². The summed E-state index contributed by atoms with van der Waals surface area (Å²) in [5, 5.41) is 13.8. The van der Waals surface area contributed by atoms with Crippen LogP contribution in [0.1, 0.15) is 37.7 Å². The molecule has 10 heteroatoms. The molecule has 2 amide bonds. The molecule has 34 heavy (non-hydrogen) atoms. The maximum absolute atomic E-state index is 13.3. The highest BCUT2D eigenvalue weighted by Gasteiger charge is 2.43. The highest BCUT2D eigenvalue weighted by Crippen LogP contribution is 2.37. The van der Waals surface area contributed by atoms with Crippen molar-refractivity contribution in [2.24, 2.45) is 4.99 Å². The molecule has 1 saturated heterocycles. The van der Waals surface area contributed by atoms with Crippen LogP contribution in [0.4, 0.5) is 17.1 Å². The normalized spacial score (nSPS) is 19.6. The van der Waals surface area contributed by atoms with E-state index in [9.17, 15) is 19.7 Å². The third-order valence-corrected chi connectivity index (χ3v) is 7.08. The van der Waals surface area contributed by atoms with Gasteiger partial charge >= 0.3 is 0 Å². The number of hydrogen-bond acceptors (Lipinski definition) is 7. The second kappa shape index (κ2) is 10.3. The predicted molar refractivity (Wildman–Crippen MR) is 132 cm³/mol. The van der Waals surface area contributed by atoms with Crippen molar-refractivity contribution in [1.29, 1.82) is 0 Å². The minimum Gasteiger partial charge on any atom is -0.494 e. The summed E-state index contributed by atoms with van der Waals surface area (Å²) in [7, 11) is 1.37. The van der Waals surface area contributed by atoms with Crippen LogP contribution in [0.2, 0.25) is 0 Å². The second-order valence-corrected chi connectivity index (χ2v) is 9.55. The Morgan fingerprint density at radius 2 is 2.03 bits per heavy atom. The topological polar surface area (TPSA) is 114 Å². The minimum atomic E-state index is -0.590. The van der Waals surface area contributed by atoms with Crippen molar-refractivity contribution in [3.63, 3.8) is 0 Å². The fraction of sp³-hybridized carbons (Fsp3) is 0.375. The van der Waals surface area contributed by atoms with Gasteiger partial charge in [0.25, 0.3) is 5.69 Å². The first-order chi connectivity index (χ1) is 16.4. The van der Waals surface area contributed by atoms with Gasteiger partial charge in [0.1, 0.15) is 11.0 Å². The standard InChI is InChI=1S/C24H26N4O5S/c1-15-6-5-7-16(12-15)25-24-27(17-8-3-4-9-17)23(30)21(34-24)14-22(29)26-19-11-10-18(28(31)32)13-20(19)33-2/h5-7,10-13,17,21H,3-4,8-9,14H2,1-2H3,(H,26,29). The number of nitrogens with one attached hydrogen (secondary N) is 1. The Bertz CT molecular complexity index is 1150. The van der Waals surface area contributed by atoms with E-state index in [1.807, 2.05) is 31.2 Å². The van der Waals surface area contributed by atoms with Crippen LogP contribution < -0.4 is 10.1 Å². The van der Waals surface area contributed by atoms with Gasteiger partial charge < -0.3 is 10.1 Å². The zero-order valence-electron chi connectivity index (χ0n) is 19.0. The number of methoxy groups -OCH3 is 1. The highest BCUT2D eigenvalue weighted by atomic mass is 32.2. The van der Waals surface area contributed by atoms with Crippen molar-refractivity contribution in [1.82, 2.24) is 4.90 Å². The van der Waals surface area contributed by atoms with Gasteiger partial charge in [0.05, 0.1) is 29.5 Å². The monoisotopic (exact) mass is 482 g/mol. The minimum absolute atomic E-state index is 0.0420. The first-order valence-corrected chi connectivity index (χ1v) is 12.0. The number of amidine groups is 1. The fourth-order valence-electron chi connectivity index (χ4n) is 4.27. The molecule has 1 unspecified atom stereocenters. The van der Waals surface area contributed by atoms with Crippen molar-refractivity contribution in [3.05, 3.63) is 58.1 Å². The number of amides is 2. The number of anilines is 1. The van der Waals surface area contributed by atoms with Gasteiger partial charge in [-0.3, -0.25) is 24.6 Å². The van der Waals surface area contributed by atoms with E-state index in [4.69, 9.17) is 9.73 Å². The number of non-ortho nitro benzene ring substituents is 1. The van der Waals surface area contributed by atoms with E-state index in [1.54, 1.807) is 4.90 Å². The number of rotatable bonds is 7. The maximum atomic E-state index is 13.3. The number of thioether (sulfide) groups is 1. The summed E-state index contributed by atoms with van der Waals surface area (Å²) in [6, 6.07) is 11.9. The molecular formula is C24H26N4O5S. The van der Waals surface area contributed by atoms with Crippen molar-refractivity contribution in [3.8, 4) is 5.75 Å². The molecule has 1 N–H and O–H groups in total. The summed E-state index contributed by atoms with van der Waals surface area (Å²) < 4.78 is 5.19. The first-order valence-electron chi connectivity index (χ1n) is 11.1. The molecule has 2 aromatic carbocycles. The number of carbonyl (C=O) groups is 2. The predicted octanol–water partition coefficient (Wildman–Crippen LogP) is 4.81. The number of aryl methyl sites for hydroxylation is 1. The van der Waals surface area contributed by atoms with E-state index in [0.29, 0.717) is 10.9 Å². The van der Waals surface area contributed by atoms with Crippen molar-refractivity contribution in [2.75, 3.05) is 12.4 Å². The SMILES string of the molecule is COc1cc([N+](=O)[O-])ccc1NC(=O)CC1SC(=Nc2cccc(C)c2)N(C2CCCC2)C1=O. The Morgan fingerprint density at radius 3 is 2.71 bits per heavy atom. The molecule has 9 nitrogen and oxygen atoms in total. The number of hydrogen-bond donors (Lipinski definition) is 1. The van der Waals surface area contributed by atoms with E-state index in [-0.39, 0.29) is 35.7 Å². The maximum Gasteiger partial charge on any atom is 0.273 e. The Balaban J connectivity index is 1.52. The van der Waals surface area contributed by atoms with Crippen LogP contribution in [0.25, 0.3) is 0 Å². The van der Waals surface area contributed by atoms with E-state index in [2.05, 4.69) is 5.32 Å². The number of carbonyl (C=O) groups excluding carboxylic acids is 2. The van der Waals surface area contributed by atoms with Crippen LogP contribution in [0, 0.1) is 17.0 Å². The zero-order valence-corrected chi connectivity index (χ0v) is 19.8. The molecule has 0 aromatic heterocycles. The average Bonchev–Trinajstić information content (AvgIpc) is 3.42. The van der Waals surface area contributed by atoms with Crippen molar-refractivity contribution >= 4 is 45.8 Å². The van der Waals surface area contributed by atoms with Crippen LogP contribution in [0.5, 0.6) is 5.75 Å². The lowest BCUT2D eigenvalue weighted by Gasteiger charge is -2.23. The molecular weight excluding hydrogens is 456 g/mol. The Kier molecular flexibility index (Phi) is 7.16. The molecule has 0 spiro atoms. The van der Waals surface area contributed by atoms with Gasteiger partial charge in [0, 0.05) is 18.5 Å². The van der Waals surface area contributed by atoms with Crippen LogP contribution in [-0.4, -0.2) is 45.2 Å². The quantitative estimate of drug-likeness (QED) is 0.447. The Hall–Kier alpha value is -3.40. The summed E-state index contributed by atoms with van der Waals surface area (Å²) >= 11 is 1.31. The lowest BCUT2D eigenvalue weighted by molar-refractivity contribution is -0.384. The number of ether oxygens (including phenoxy) is 1. The molecule has 1 heterocycles. The summed E-state index contributed by atoms with van der Waals surface area (Å²) in [5.41, 5.74) is 2.03. The second-order valence-electron chi connectivity index (χ2n) is 8.38. The number of nitro groups is 1. The molecule has 2 aliphatic rings. The Labute approximate surface area is 201 Å². The molecule has 178 valence electrons. The van der Waals surface area contributed by atoms with Crippen LogP contribution in [-0.2, 0) is 9.59 Å². The average molecular weight is 483 g/mol. The molecule has 1 aliphatic carbocycles. The molecule has 0 radical (unpaired) electrons. The summed E-state index contributed by atoms with van der Waals surface area (Å²) in [6.45, 7) is 1.99. The third kappa shape index (κ3) is 5.22. The molecule has 2 fully saturated rings. The third-order valence-electron chi connectivity index (χ3n) is 5.92. The number of benzene rings is 2. The van der Waals surface area contributed by atoms with E-state index >= 15 is 0 Å². The molecule has 1 saturated carbocycles. The van der Waals surface area contributed by atoms with Crippen LogP contribution >= 0.6 is 11.8 Å². The van der Waals surface area contributed by atoms with E-state index < -0.39 is 10.2 Å². The molecule has 0 bridgehead atoms. The van der Waals surface area contributed by atoms with Gasteiger partial charge in [-0.1, -0.05) is 36.7 Å². The lowest BCUT2D eigenvalue weighted by atomic mass is 10.2. The lowest BCUT2D eigenvalue weighted by Crippen LogP contribution is -2.40. The zero-order chi connectivity index (χ0) is 24.2. The van der Waals surface area contributed by atoms with Crippen LogP contribution in [0.15, 0.2) is 47.5 Å². The first kappa shape index (κ1) is 23.7. The molecule has 1 atom stereocenters. The van der Waals surface area contributed by atoms with Gasteiger partial charge in [-0.2, -0.15) is 0 Å². The van der Waals surface area contributed by atoms with Crippen molar-refractivity contribution in [2.45, 2.75) is 50.3 Å². The number of nitro benzene ring substituents is 1.